The maximum absolute atomic E-state index is 14.1. The molecule has 0 spiro atoms. The number of alkyl carbamates (subject to hydrolysis) is 1. The first-order chi connectivity index (χ1) is 17.7. The molecule has 9 nitrogen and oxygen atoms in total. The molecule has 2 unspecified atom stereocenters. The quantitative estimate of drug-likeness (QED) is 0.417. The zero-order chi connectivity index (χ0) is 28.6. The first-order valence-corrected chi connectivity index (χ1v) is 13.7. The van der Waals surface area contributed by atoms with Gasteiger partial charge in [-0.3, -0.25) is 14.4 Å². The van der Waals surface area contributed by atoms with Crippen molar-refractivity contribution in [3.8, 4) is 0 Å². The average molecular weight is 531 g/mol. The lowest BCUT2D eigenvalue weighted by molar-refractivity contribution is -0.145. The highest BCUT2D eigenvalue weighted by molar-refractivity contribution is 5.93. The smallest absolute Gasteiger partial charge is 0.408 e. The number of benzene rings is 1. The monoisotopic (exact) mass is 530 g/mol. The molecule has 0 bridgehead atoms. The molecule has 0 aromatic heterocycles. The minimum Gasteiger partial charge on any atom is -0.444 e. The van der Waals surface area contributed by atoms with Gasteiger partial charge in [-0.15, -0.1) is 0 Å². The zero-order valence-corrected chi connectivity index (χ0v) is 24.1. The van der Waals surface area contributed by atoms with Gasteiger partial charge in [0.2, 0.25) is 17.7 Å². The molecular weight excluding hydrogens is 484 g/mol. The van der Waals surface area contributed by atoms with Gasteiger partial charge in [0.25, 0.3) is 0 Å². The Morgan fingerprint density at radius 3 is 2.24 bits per heavy atom. The van der Waals surface area contributed by atoms with Crippen LogP contribution >= 0.6 is 0 Å². The number of ether oxygens (including phenoxy) is 1. The van der Waals surface area contributed by atoms with Crippen molar-refractivity contribution in [2.45, 2.75) is 123 Å². The van der Waals surface area contributed by atoms with Gasteiger partial charge in [0.05, 0.1) is 0 Å². The number of hydrogen-bond donors (Lipinski definition) is 3. The van der Waals surface area contributed by atoms with E-state index in [-0.39, 0.29) is 30.8 Å². The summed E-state index contributed by atoms with van der Waals surface area (Å²) >= 11 is 0. The number of aryl methyl sites for hydroxylation is 2. The summed E-state index contributed by atoms with van der Waals surface area (Å²) in [7, 11) is 0. The van der Waals surface area contributed by atoms with E-state index in [9.17, 15) is 19.2 Å². The molecule has 4 N–H and O–H groups in total. The highest BCUT2D eigenvalue weighted by Gasteiger charge is 2.39. The molecule has 1 aliphatic carbocycles. The largest absolute Gasteiger partial charge is 0.444 e. The predicted molar refractivity (Wildman–Crippen MR) is 147 cm³/mol. The second-order valence-electron chi connectivity index (χ2n) is 11.6. The van der Waals surface area contributed by atoms with Crippen LogP contribution in [0.3, 0.4) is 0 Å². The summed E-state index contributed by atoms with van der Waals surface area (Å²) in [6.45, 7) is 12.7. The summed E-state index contributed by atoms with van der Waals surface area (Å²) in [4.78, 5) is 53.8. The predicted octanol–water partition coefficient (Wildman–Crippen LogP) is 4.19. The van der Waals surface area contributed by atoms with Crippen LogP contribution in [0, 0.1) is 13.8 Å². The fourth-order valence-corrected chi connectivity index (χ4v) is 4.93. The van der Waals surface area contributed by atoms with Crippen molar-refractivity contribution in [2.24, 2.45) is 5.73 Å². The number of nitrogens with two attached hydrogens (primary N) is 1. The minimum absolute atomic E-state index is 0.0134. The van der Waals surface area contributed by atoms with Gasteiger partial charge in [-0.05, 0) is 78.9 Å². The van der Waals surface area contributed by atoms with E-state index < -0.39 is 35.6 Å². The van der Waals surface area contributed by atoms with Crippen LogP contribution in [0.1, 0.15) is 102 Å². The molecule has 1 aromatic rings. The number of hydrogen-bond acceptors (Lipinski definition) is 5. The Hall–Kier alpha value is -3.10. The van der Waals surface area contributed by atoms with E-state index >= 15 is 0 Å². The van der Waals surface area contributed by atoms with Crippen molar-refractivity contribution >= 4 is 23.8 Å². The van der Waals surface area contributed by atoms with Crippen molar-refractivity contribution in [1.29, 1.82) is 0 Å². The lowest BCUT2D eigenvalue weighted by Crippen LogP contribution is -2.56. The summed E-state index contributed by atoms with van der Waals surface area (Å²) in [5, 5.41) is 5.81. The Labute approximate surface area is 227 Å². The number of carbonyl (C=O) groups is 4. The summed E-state index contributed by atoms with van der Waals surface area (Å²) in [6.07, 6.45) is 4.17. The second kappa shape index (κ2) is 13.6. The molecule has 2 atom stereocenters. The number of nitrogens with zero attached hydrogens (tertiary/aromatic N) is 1. The number of carbonyl (C=O) groups excluding carboxylic acids is 4. The van der Waals surface area contributed by atoms with E-state index in [4.69, 9.17) is 10.5 Å². The molecule has 0 heterocycles. The highest BCUT2D eigenvalue weighted by Crippen LogP contribution is 2.29. The first kappa shape index (κ1) is 31.1. The fourth-order valence-electron chi connectivity index (χ4n) is 4.93. The number of primary amides is 1. The number of rotatable bonds is 10. The second-order valence-corrected chi connectivity index (χ2v) is 11.6. The minimum atomic E-state index is -1.10. The van der Waals surface area contributed by atoms with Gasteiger partial charge in [0.15, 0.2) is 0 Å². The maximum Gasteiger partial charge on any atom is 0.408 e. The van der Waals surface area contributed by atoms with Gasteiger partial charge in [0.1, 0.15) is 17.7 Å². The van der Waals surface area contributed by atoms with E-state index in [0.717, 1.165) is 48.8 Å². The molecule has 212 valence electrons. The standard InChI is InChI=1S/C29H46N4O5/c1-18(2)33(27(36)23(15-16-24(30)34)32-28(37)38-29(5,6)7)25(22-14-13-19(3)17-20(22)4)26(35)31-21-11-9-8-10-12-21/h13-14,17-18,21,23,25H,8-12,15-16H2,1-7H3,(H2,30,34)(H,31,35)(H,32,37). The van der Waals surface area contributed by atoms with Crippen LogP contribution < -0.4 is 16.4 Å². The van der Waals surface area contributed by atoms with E-state index in [1.807, 2.05) is 45.9 Å². The van der Waals surface area contributed by atoms with Crippen molar-refractivity contribution in [2.75, 3.05) is 0 Å². The third-order valence-corrected chi connectivity index (χ3v) is 6.68. The highest BCUT2D eigenvalue weighted by atomic mass is 16.6. The number of nitrogens with one attached hydrogen (secondary N) is 2. The first-order valence-electron chi connectivity index (χ1n) is 13.7. The Morgan fingerprint density at radius 1 is 1.08 bits per heavy atom. The molecule has 1 fully saturated rings. The van der Waals surface area contributed by atoms with Crippen molar-refractivity contribution in [1.82, 2.24) is 15.5 Å². The zero-order valence-electron chi connectivity index (χ0n) is 24.1. The van der Waals surface area contributed by atoms with E-state index in [0.29, 0.717) is 0 Å². The van der Waals surface area contributed by atoms with Gasteiger partial charge < -0.3 is 26.0 Å². The number of amides is 4. The molecule has 0 saturated heterocycles. The van der Waals surface area contributed by atoms with E-state index in [1.165, 1.54) is 4.90 Å². The van der Waals surface area contributed by atoms with Crippen LogP contribution in [0.4, 0.5) is 4.79 Å². The molecule has 0 aliphatic heterocycles. The van der Waals surface area contributed by atoms with Gasteiger partial charge >= 0.3 is 6.09 Å². The van der Waals surface area contributed by atoms with Crippen LogP contribution in [-0.2, 0) is 19.1 Å². The van der Waals surface area contributed by atoms with E-state index in [2.05, 4.69) is 10.6 Å². The average Bonchev–Trinajstić information content (AvgIpc) is 2.79. The molecule has 1 aliphatic rings. The molecule has 4 amide bonds. The van der Waals surface area contributed by atoms with Gasteiger partial charge in [-0.25, -0.2) is 4.79 Å². The van der Waals surface area contributed by atoms with Gasteiger partial charge in [0, 0.05) is 18.5 Å². The topological polar surface area (TPSA) is 131 Å². The van der Waals surface area contributed by atoms with E-state index in [1.54, 1.807) is 20.8 Å². The van der Waals surface area contributed by atoms with Crippen molar-refractivity contribution < 1.29 is 23.9 Å². The van der Waals surface area contributed by atoms with Crippen LogP contribution in [0.25, 0.3) is 0 Å². The summed E-state index contributed by atoms with van der Waals surface area (Å²) in [5.74, 6) is -1.32. The molecule has 1 saturated carbocycles. The molecule has 38 heavy (non-hydrogen) atoms. The molecule has 1 aromatic carbocycles. The molecule has 0 radical (unpaired) electrons. The fraction of sp³-hybridized carbons (Fsp3) is 0.655. The Bertz CT molecular complexity index is 995. The Morgan fingerprint density at radius 2 is 1.71 bits per heavy atom. The van der Waals surface area contributed by atoms with Crippen LogP contribution in [0.15, 0.2) is 18.2 Å². The van der Waals surface area contributed by atoms with Crippen molar-refractivity contribution in [3.05, 3.63) is 34.9 Å². The summed E-state index contributed by atoms with van der Waals surface area (Å²) in [5.41, 5.74) is 7.25. The molecule has 9 heteroatoms. The van der Waals surface area contributed by atoms with Crippen LogP contribution in [-0.4, -0.2) is 52.4 Å². The Kier molecular flexibility index (Phi) is 11.2. The van der Waals surface area contributed by atoms with Crippen molar-refractivity contribution in [3.63, 3.8) is 0 Å². The van der Waals surface area contributed by atoms with Crippen LogP contribution in [0.2, 0.25) is 0 Å². The molecular formula is C29H46N4O5. The lowest BCUT2D eigenvalue weighted by Gasteiger charge is -2.38. The third-order valence-electron chi connectivity index (χ3n) is 6.68. The van der Waals surface area contributed by atoms with Gasteiger partial charge in [-0.2, -0.15) is 0 Å². The van der Waals surface area contributed by atoms with Crippen LogP contribution in [0.5, 0.6) is 0 Å². The normalized spacial score (nSPS) is 15.9. The maximum atomic E-state index is 14.1. The lowest BCUT2D eigenvalue weighted by atomic mass is 9.92. The summed E-state index contributed by atoms with van der Waals surface area (Å²) < 4.78 is 5.37. The molecule has 2 rings (SSSR count). The SMILES string of the molecule is Cc1ccc(C(C(=O)NC2CCCCC2)N(C(=O)C(CCC(N)=O)NC(=O)OC(C)(C)C)C(C)C)c(C)c1. The van der Waals surface area contributed by atoms with Gasteiger partial charge in [-0.1, -0.05) is 43.0 Å². The Balaban J connectivity index is 2.49. The third kappa shape index (κ3) is 9.33. The summed E-state index contributed by atoms with van der Waals surface area (Å²) in [6, 6.07) is 3.45.